The largest absolute Gasteiger partial charge is 0.356 e. The van der Waals surface area contributed by atoms with Gasteiger partial charge in [-0.05, 0) is 36.1 Å². The molecule has 2 heterocycles. The number of aromatic nitrogens is 3. The van der Waals surface area contributed by atoms with Crippen LogP contribution in [0.5, 0.6) is 0 Å². The number of fused-ring (bicyclic) bond motifs is 2. The summed E-state index contributed by atoms with van der Waals surface area (Å²) in [5, 5.41) is 14.1. The van der Waals surface area contributed by atoms with E-state index in [-0.39, 0.29) is 0 Å². The lowest BCUT2D eigenvalue weighted by Crippen LogP contribution is -2.47. The second-order valence-electron chi connectivity index (χ2n) is 7.02. The molecule has 0 amide bonds. The summed E-state index contributed by atoms with van der Waals surface area (Å²) in [6.45, 7) is 3.62. The van der Waals surface area contributed by atoms with Crippen molar-refractivity contribution in [1.82, 2.24) is 25.4 Å². The maximum atomic E-state index is 4.47. The first kappa shape index (κ1) is 17.5. The molecule has 0 saturated heterocycles. The molecule has 1 atom stereocenters. The highest BCUT2D eigenvalue weighted by Crippen LogP contribution is 2.18. The van der Waals surface area contributed by atoms with Crippen molar-refractivity contribution in [3.05, 3.63) is 59.7 Å². The van der Waals surface area contributed by atoms with E-state index in [2.05, 4.69) is 68.2 Å². The SMILES string of the molecule is CN=C(NCCc1cccc2ccccc12)NC1CCc2nc(C)nn2C1. The molecular formula is C21H26N6. The number of nitrogens with zero attached hydrogens (tertiary/aromatic N) is 4. The molecule has 6 nitrogen and oxygen atoms in total. The number of nitrogens with one attached hydrogen (secondary N) is 2. The lowest BCUT2D eigenvalue weighted by atomic mass is 10.0. The van der Waals surface area contributed by atoms with Crippen molar-refractivity contribution in [3.63, 3.8) is 0 Å². The van der Waals surface area contributed by atoms with E-state index >= 15 is 0 Å². The molecule has 2 N–H and O–H groups in total. The maximum absolute atomic E-state index is 4.47. The van der Waals surface area contributed by atoms with Gasteiger partial charge in [0.25, 0.3) is 0 Å². The average molecular weight is 362 g/mol. The lowest BCUT2D eigenvalue weighted by Gasteiger charge is -2.25. The van der Waals surface area contributed by atoms with Gasteiger partial charge in [0.1, 0.15) is 11.6 Å². The summed E-state index contributed by atoms with van der Waals surface area (Å²) in [6, 6.07) is 15.4. The van der Waals surface area contributed by atoms with Gasteiger partial charge in [-0.3, -0.25) is 4.99 Å². The lowest BCUT2D eigenvalue weighted by molar-refractivity contribution is 0.392. The predicted molar refractivity (Wildman–Crippen MR) is 109 cm³/mol. The Morgan fingerprint density at radius 1 is 1.22 bits per heavy atom. The topological polar surface area (TPSA) is 67.1 Å². The standard InChI is InChI=1S/C21H26N6/c1-15-24-20-11-10-18(14-27(20)26-15)25-21(22-2)23-13-12-17-8-5-7-16-6-3-4-9-19(16)17/h3-9,18H,10-14H2,1-2H3,(H2,22,23,25). The normalized spacial score (nSPS) is 17.0. The third kappa shape index (κ3) is 3.94. The van der Waals surface area contributed by atoms with Crippen molar-refractivity contribution in [2.45, 2.75) is 38.8 Å². The second-order valence-corrected chi connectivity index (χ2v) is 7.02. The summed E-state index contributed by atoms with van der Waals surface area (Å²) in [5.74, 6) is 2.79. The molecule has 1 aliphatic heterocycles. The highest BCUT2D eigenvalue weighted by atomic mass is 15.4. The Hall–Kier alpha value is -2.89. The summed E-state index contributed by atoms with van der Waals surface area (Å²) in [6.07, 6.45) is 2.95. The van der Waals surface area contributed by atoms with Gasteiger partial charge in [0.2, 0.25) is 0 Å². The first-order chi connectivity index (χ1) is 13.2. The fraction of sp³-hybridized carbons (Fsp3) is 0.381. The smallest absolute Gasteiger partial charge is 0.191 e. The molecule has 0 spiro atoms. The van der Waals surface area contributed by atoms with E-state index in [1.807, 2.05) is 18.7 Å². The van der Waals surface area contributed by atoms with E-state index in [1.54, 1.807) is 0 Å². The van der Waals surface area contributed by atoms with Gasteiger partial charge in [-0.2, -0.15) is 5.10 Å². The molecule has 1 unspecified atom stereocenters. The van der Waals surface area contributed by atoms with Crippen LogP contribution in [0.25, 0.3) is 10.8 Å². The van der Waals surface area contributed by atoms with Crippen LogP contribution < -0.4 is 10.6 Å². The fourth-order valence-electron chi connectivity index (χ4n) is 3.77. The summed E-state index contributed by atoms with van der Waals surface area (Å²) in [4.78, 5) is 8.86. The number of benzene rings is 2. The molecule has 1 aromatic heterocycles. The summed E-state index contributed by atoms with van der Waals surface area (Å²) < 4.78 is 2.01. The molecule has 1 aliphatic rings. The van der Waals surface area contributed by atoms with Crippen LogP contribution in [0.4, 0.5) is 0 Å². The van der Waals surface area contributed by atoms with Crippen molar-refractivity contribution in [2.75, 3.05) is 13.6 Å². The Labute approximate surface area is 159 Å². The number of guanidine groups is 1. The molecule has 0 bridgehead atoms. The van der Waals surface area contributed by atoms with Crippen LogP contribution in [0.15, 0.2) is 47.5 Å². The number of hydrogen-bond acceptors (Lipinski definition) is 3. The summed E-state index contributed by atoms with van der Waals surface area (Å²) >= 11 is 0. The van der Waals surface area contributed by atoms with E-state index in [9.17, 15) is 0 Å². The molecule has 0 saturated carbocycles. The maximum Gasteiger partial charge on any atom is 0.191 e. The van der Waals surface area contributed by atoms with Crippen LogP contribution in [0.2, 0.25) is 0 Å². The van der Waals surface area contributed by atoms with E-state index in [0.717, 1.165) is 50.0 Å². The van der Waals surface area contributed by atoms with Crippen LogP contribution in [0.3, 0.4) is 0 Å². The third-order valence-corrected chi connectivity index (χ3v) is 5.10. The van der Waals surface area contributed by atoms with Crippen molar-refractivity contribution < 1.29 is 0 Å². The highest BCUT2D eigenvalue weighted by Gasteiger charge is 2.21. The van der Waals surface area contributed by atoms with E-state index in [0.29, 0.717) is 6.04 Å². The quantitative estimate of drug-likeness (QED) is 0.553. The molecule has 3 aromatic rings. The van der Waals surface area contributed by atoms with Gasteiger partial charge in [-0.1, -0.05) is 42.5 Å². The Kier molecular flexibility index (Phi) is 5.05. The van der Waals surface area contributed by atoms with Crippen molar-refractivity contribution >= 4 is 16.7 Å². The molecule has 2 aromatic carbocycles. The average Bonchev–Trinajstić information content (AvgIpc) is 3.06. The monoisotopic (exact) mass is 362 g/mol. The van der Waals surface area contributed by atoms with Gasteiger partial charge in [0, 0.05) is 26.1 Å². The van der Waals surface area contributed by atoms with Crippen LogP contribution >= 0.6 is 0 Å². The Bertz CT molecular complexity index is 953. The van der Waals surface area contributed by atoms with E-state index in [4.69, 9.17) is 0 Å². The van der Waals surface area contributed by atoms with Crippen LogP contribution in [0.1, 0.15) is 23.6 Å². The van der Waals surface area contributed by atoms with Gasteiger partial charge in [0.15, 0.2) is 5.96 Å². The Balaban J connectivity index is 1.33. The highest BCUT2D eigenvalue weighted by molar-refractivity contribution is 5.85. The van der Waals surface area contributed by atoms with Gasteiger partial charge in [0.05, 0.1) is 6.54 Å². The minimum Gasteiger partial charge on any atom is -0.356 e. The number of rotatable bonds is 4. The first-order valence-corrected chi connectivity index (χ1v) is 9.57. The van der Waals surface area contributed by atoms with Crippen molar-refractivity contribution in [2.24, 2.45) is 4.99 Å². The number of aliphatic imine (C=N–C) groups is 1. The Morgan fingerprint density at radius 3 is 2.96 bits per heavy atom. The minimum absolute atomic E-state index is 0.322. The molecule has 4 rings (SSSR count). The van der Waals surface area contributed by atoms with Gasteiger partial charge in [-0.25, -0.2) is 9.67 Å². The van der Waals surface area contributed by atoms with E-state index in [1.165, 1.54) is 16.3 Å². The molecule has 0 radical (unpaired) electrons. The van der Waals surface area contributed by atoms with Gasteiger partial charge in [-0.15, -0.1) is 0 Å². The zero-order valence-electron chi connectivity index (χ0n) is 15.9. The second kappa shape index (κ2) is 7.78. The molecule has 6 heteroatoms. The van der Waals surface area contributed by atoms with Gasteiger partial charge < -0.3 is 10.6 Å². The van der Waals surface area contributed by atoms with Crippen molar-refractivity contribution in [3.8, 4) is 0 Å². The number of aryl methyl sites for hydroxylation is 2. The molecule has 0 fully saturated rings. The number of hydrogen-bond donors (Lipinski definition) is 2. The summed E-state index contributed by atoms with van der Waals surface area (Å²) in [5.41, 5.74) is 1.36. The van der Waals surface area contributed by atoms with Crippen LogP contribution in [-0.4, -0.2) is 40.4 Å². The van der Waals surface area contributed by atoms with Crippen molar-refractivity contribution in [1.29, 1.82) is 0 Å². The fourth-order valence-corrected chi connectivity index (χ4v) is 3.77. The third-order valence-electron chi connectivity index (χ3n) is 5.10. The van der Waals surface area contributed by atoms with E-state index < -0.39 is 0 Å². The minimum atomic E-state index is 0.322. The predicted octanol–water partition coefficient (Wildman–Crippen LogP) is 2.46. The molecule has 140 valence electrons. The zero-order chi connectivity index (χ0) is 18.6. The molecular weight excluding hydrogens is 336 g/mol. The molecule has 27 heavy (non-hydrogen) atoms. The molecule has 0 aliphatic carbocycles. The first-order valence-electron chi connectivity index (χ1n) is 9.57. The van der Waals surface area contributed by atoms with Gasteiger partial charge >= 0.3 is 0 Å². The van der Waals surface area contributed by atoms with Crippen LogP contribution in [-0.2, 0) is 19.4 Å². The zero-order valence-corrected chi connectivity index (χ0v) is 15.9. The Morgan fingerprint density at radius 2 is 2.07 bits per heavy atom. The summed E-state index contributed by atoms with van der Waals surface area (Å²) in [7, 11) is 1.82. The van der Waals surface area contributed by atoms with Crippen LogP contribution in [0, 0.1) is 6.92 Å².